The molecule has 1 saturated carbocycles. The van der Waals surface area contributed by atoms with Crippen molar-refractivity contribution in [2.75, 3.05) is 0 Å². The lowest BCUT2D eigenvalue weighted by molar-refractivity contribution is 0.445. The molecule has 1 aromatic carbocycles. The van der Waals surface area contributed by atoms with Crippen molar-refractivity contribution in [2.24, 2.45) is 11.7 Å². The monoisotopic (exact) mass is 203 g/mol. The minimum atomic E-state index is 0.256. The van der Waals surface area contributed by atoms with Gasteiger partial charge in [-0.2, -0.15) is 0 Å². The number of benzene rings is 1. The van der Waals surface area contributed by atoms with Gasteiger partial charge in [-0.05, 0) is 49.3 Å². The second-order valence-corrected chi connectivity index (χ2v) is 4.91. The Labute approximate surface area is 92.7 Å². The lowest BCUT2D eigenvalue weighted by Gasteiger charge is -2.20. The molecule has 0 bridgehead atoms. The van der Waals surface area contributed by atoms with Crippen LogP contribution in [0.3, 0.4) is 0 Å². The summed E-state index contributed by atoms with van der Waals surface area (Å²) in [6, 6.07) is 6.91. The zero-order valence-electron chi connectivity index (χ0n) is 9.79. The summed E-state index contributed by atoms with van der Waals surface area (Å²) in [5.41, 5.74) is 10.4. The summed E-state index contributed by atoms with van der Waals surface area (Å²) in [5, 5.41) is 0. The predicted molar refractivity (Wildman–Crippen MR) is 64.8 cm³/mol. The SMILES string of the molecule is Cc1ccc([C@@H](N)C2CCCC2)cc1C. The molecule has 1 heteroatoms. The van der Waals surface area contributed by atoms with Gasteiger partial charge in [0.2, 0.25) is 0 Å². The molecule has 0 amide bonds. The molecule has 0 radical (unpaired) electrons. The Morgan fingerprint density at radius 1 is 1.13 bits per heavy atom. The molecule has 15 heavy (non-hydrogen) atoms. The molecule has 0 heterocycles. The molecule has 1 aliphatic carbocycles. The average Bonchev–Trinajstić information content (AvgIpc) is 2.74. The number of nitrogens with two attached hydrogens (primary N) is 1. The Morgan fingerprint density at radius 3 is 2.40 bits per heavy atom. The van der Waals surface area contributed by atoms with Gasteiger partial charge in [0.15, 0.2) is 0 Å². The highest BCUT2D eigenvalue weighted by Crippen LogP contribution is 2.34. The molecule has 0 spiro atoms. The zero-order valence-corrected chi connectivity index (χ0v) is 9.79. The van der Waals surface area contributed by atoms with E-state index in [9.17, 15) is 0 Å². The van der Waals surface area contributed by atoms with Crippen LogP contribution in [0, 0.1) is 19.8 Å². The number of aryl methyl sites for hydroxylation is 2. The van der Waals surface area contributed by atoms with Crippen LogP contribution >= 0.6 is 0 Å². The van der Waals surface area contributed by atoms with E-state index in [1.807, 2.05) is 0 Å². The fourth-order valence-corrected chi connectivity index (χ4v) is 2.56. The molecule has 0 unspecified atom stereocenters. The van der Waals surface area contributed by atoms with Gasteiger partial charge in [0.1, 0.15) is 0 Å². The summed E-state index contributed by atoms with van der Waals surface area (Å²) in [5.74, 6) is 0.715. The third kappa shape index (κ3) is 2.23. The van der Waals surface area contributed by atoms with Crippen molar-refractivity contribution < 1.29 is 0 Å². The van der Waals surface area contributed by atoms with E-state index in [2.05, 4.69) is 32.0 Å². The van der Waals surface area contributed by atoms with Crippen molar-refractivity contribution in [3.63, 3.8) is 0 Å². The maximum atomic E-state index is 6.32. The van der Waals surface area contributed by atoms with Crippen molar-refractivity contribution in [3.05, 3.63) is 34.9 Å². The van der Waals surface area contributed by atoms with Crippen LogP contribution in [-0.4, -0.2) is 0 Å². The van der Waals surface area contributed by atoms with E-state index < -0.39 is 0 Å². The Kier molecular flexibility index (Phi) is 3.11. The van der Waals surface area contributed by atoms with Crippen LogP contribution in [0.1, 0.15) is 48.4 Å². The summed E-state index contributed by atoms with van der Waals surface area (Å²) in [6.45, 7) is 4.32. The van der Waals surface area contributed by atoms with Crippen LogP contribution in [0.5, 0.6) is 0 Å². The third-order valence-corrected chi connectivity index (χ3v) is 3.82. The highest BCUT2D eigenvalue weighted by atomic mass is 14.7. The first-order chi connectivity index (χ1) is 7.18. The Hall–Kier alpha value is -0.820. The quantitative estimate of drug-likeness (QED) is 0.782. The van der Waals surface area contributed by atoms with Crippen molar-refractivity contribution in [2.45, 2.75) is 45.6 Å². The average molecular weight is 203 g/mol. The van der Waals surface area contributed by atoms with Crippen LogP contribution in [0.15, 0.2) is 18.2 Å². The van der Waals surface area contributed by atoms with Crippen molar-refractivity contribution >= 4 is 0 Å². The van der Waals surface area contributed by atoms with E-state index in [0.29, 0.717) is 5.92 Å². The molecule has 1 fully saturated rings. The van der Waals surface area contributed by atoms with E-state index in [-0.39, 0.29) is 6.04 Å². The van der Waals surface area contributed by atoms with Crippen LogP contribution in [0.4, 0.5) is 0 Å². The molecule has 1 aliphatic rings. The standard InChI is InChI=1S/C14H21N/c1-10-7-8-13(9-11(10)2)14(15)12-5-3-4-6-12/h7-9,12,14H,3-6,15H2,1-2H3/t14-/m0/s1. The number of hydrogen-bond donors (Lipinski definition) is 1. The van der Waals surface area contributed by atoms with Crippen molar-refractivity contribution in [1.29, 1.82) is 0 Å². The lowest BCUT2D eigenvalue weighted by atomic mass is 9.91. The van der Waals surface area contributed by atoms with E-state index in [4.69, 9.17) is 5.73 Å². The van der Waals surface area contributed by atoms with Gasteiger partial charge in [0.25, 0.3) is 0 Å². The molecule has 1 atom stereocenters. The van der Waals surface area contributed by atoms with Gasteiger partial charge in [0, 0.05) is 6.04 Å². The van der Waals surface area contributed by atoms with Gasteiger partial charge >= 0.3 is 0 Å². The third-order valence-electron chi connectivity index (χ3n) is 3.82. The van der Waals surface area contributed by atoms with Gasteiger partial charge < -0.3 is 5.73 Å². The minimum Gasteiger partial charge on any atom is -0.324 e. The summed E-state index contributed by atoms with van der Waals surface area (Å²) in [6.07, 6.45) is 5.36. The number of hydrogen-bond acceptors (Lipinski definition) is 1. The summed E-state index contributed by atoms with van der Waals surface area (Å²) < 4.78 is 0. The highest BCUT2D eigenvalue weighted by Gasteiger charge is 2.23. The van der Waals surface area contributed by atoms with E-state index in [1.165, 1.54) is 42.4 Å². The molecular weight excluding hydrogens is 182 g/mol. The van der Waals surface area contributed by atoms with Gasteiger partial charge in [-0.3, -0.25) is 0 Å². The fraction of sp³-hybridized carbons (Fsp3) is 0.571. The lowest BCUT2D eigenvalue weighted by Crippen LogP contribution is -2.19. The van der Waals surface area contributed by atoms with E-state index in [0.717, 1.165) is 0 Å². The molecule has 82 valence electrons. The minimum absolute atomic E-state index is 0.256. The Morgan fingerprint density at radius 2 is 1.80 bits per heavy atom. The Bertz CT molecular complexity index is 337. The van der Waals surface area contributed by atoms with E-state index >= 15 is 0 Å². The summed E-state index contributed by atoms with van der Waals surface area (Å²) >= 11 is 0. The second-order valence-electron chi connectivity index (χ2n) is 4.91. The topological polar surface area (TPSA) is 26.0 Å². The number of rotatable bonds is 2. The van der Waals surface area contributed by atoms with Gasteiger partial charge in [-0.1, -0.05) is 31.0 Å². The van der Waals surface area contributed by atoms with Crippen LogP contribution in [0.25, 0.3) is 0 Å². The van der Waals surface area contributed by atoms with E-state index in [1.54, 1.807) is 0 Å². The molecule has 0 saturated heterocycles. The molecule has 0 aliphatic heterocycles. The highest BCUT2D eigenvalue weighted by molar-refractivity contribution is 5.31. The molecule has 0 aromatic heterocycles. The van der Waals surface area contributed by atoms with Crippen LogP contribution < -0.4 is 5.73 Å². The van der Waals surface area contributed by atoms with Crippen LogP contribution in [-0.2, 0) is 0 Å². The largest absolute Gasteiger partial charge is 0.324 e. The molecule has 2 N–H and O–H groups in total. The smallest absolute Gasteiger partial charge is 0.0323 e. The van der Waals surface area contributed by atoms with Crippen molar-refractivity contribution in [3.8, 4) is 0 Å². The summed E-state index contributed by atoms with van der Waals surface area (Å²) in [7, 11) is 0. The summed E-state index contributed by atoms with van der Waals surface area (Å²) in [4.78, 5) is 0. The van der Waals surface area contributed by atoms with Crippen LogP contribution in [0.2, 0.25) is 0 Å². The van der Waals surface area contributed by atoms with Gasteiger partial charge in [-0.25, -0.2) is 0 Å². The maximum Gasteiger partial charge on any atom is 0.0323 e. The zero-order chi connectivity index (χ0) is 10.8. The normalized spacial score (nSPS) is 19.4. The second kappa shape index (κ2) is 4.36. The van der Waals surface area contributed by atoms with Gasteiger partial charge in [-0.15, -0.1) is 0 Å². The predicted octanol–water partition coefficient (Wildman–Crippen LogP) is 3.49. The first-order valence-electron chi connectivity index (χ1n) is 6.01. The molecule has 2 rings (SSSR count). The van der Waals surface area contributed by atoms with Crippen molar-refractivity contribution in [1.82, 2.24) is 0 Å². The molecular formula is C14H21N. The fourth-order valence-electron chi connectivity index (χ4n) is 2.56. The van der Waals surface area contributed by atoms with Gasteiger partial charge in [0.05, 0.1) is 0 Å². The maximum absolute atomic E-state index is 6.32. The Balaban J connectivity index is 2.17. The molecule has 1 aromatic rings. The first kappa shape index (κ1) is 10.7. The first-order valence-corrected chi connectivity index (χ1v) is 6.01. The molecule has 1 nitrogen and oxygen atoms in total.